The Morgan fingerprint density at radius 2 is 1.36 bits per heavy atom. The number of ketones is 5. The molecule has 1 saturated heterocycles. The van der Waals surface area contributed by atoms with E-state index in [0.717, 1.165) is 10.9 Å². The summed E-state index contributed by atoms with van der Waals surface area (Å²) in [4.78, 5) is 186. The Labute approximate surface area is 620 Å². The van der Waals surface area contributed by atoms with Gasteiger partial charge >= 0.3 is 0 Å². The number of unbranched alkanes of at least 4 members (excludes halogenated alkanes) is 1. The zero-order valence-corrected chi connectivity index (χ0v) is 61.0. The molecule has 1 aliphatic heterocycles. The number of imidazole rings is 1. The van der Waals surface area contributed by atoms with E-state index in [1.54, 1.807) is 12.3 Å². The topological polar surface area (TPSA) is 532 Å². The average molecular weight is 1490 g/mol. The summed E-state index contributed by atoms with van der Waals surface area (Å²) in [6.07, 6.45) is 5.11. The fourth-order valence-electron chi connectivity index (χ4n) is 13.0. The average Bonchev–Trinajstić information content (AvgIpc) is 1.76. The number of amides is 7. The number of para-hydroxylation sites is 1. The highest BCUT2D eigenvalue weighted by Gasteiger charge is 2.40. The quantitative estimate of drug-likeness (QED) is 0.00742. The molecule has 16 N–H and O–H groups in total. The summed E-state index contributed by atoms with van der Waals surface area (Å²) in [6, 6.07) is 6.73. The molecule has 2 fully saturated rings. The van der Waals surface area contributed by atoms with Gasteiger partial charge in [0.2, 0.25) is 41.4 Å². The number of azide groups is 1. The van der Waals surface area contributed by atoms with Gasteiger partial charge in [-0.1, -0.05) is 49.3 Å². The number of benzene rings is 2. The van der Waals surface area contributed by atoms with Crippen molar-refractivity contribution in [2.24, 2.45) is 56.9 Å². The molecule has 3 heterocycles. The Morgan fingerprint density at radius 1 is 0.710 bits per heavy atom. The fourth-order valence-corrected chi connectivity index (χ4v) is 13.0. The number of phenolic OH excluding ortho intramolecular Hbond substituents is 1. The number of nitrogens with two attached hydrogens (primary N) is 3. The van der Waals surface area contributed by atoms with Gasteiger partial charge in [-0.25, -0.2) is 4.98 Å². The monoisotopic (exact) mass is 1490 g/mol. The van der Waals surface area contributed by atoms with E-state index in [-0.39, 0.29) is 159 Å². The smallest absolute Gasteiger partial charge is 0.245 e. The fraction of sp³-hybridized carbons (Fsp3) is 0.589. The highest BCUT2D eigenvalue weighted by molar-refractivity contribution is 5.99. The van der Waals surface area contributed by atoms with E-state index in [1.165, 1.54) is 41.7 Å². The van der Waals surface area contributed by atoms with Crippen molar-refractivity contribution in [2.45, 2.75) is 160 Å². The van der Waals surface area contributed by atoms with Crippen molar-refractivity contribution >= 4 is 87.1 Å². The third kappa shape index (κ3) is 30.4. The van der Waals surface area contributed by atoms with E-state index in [9.17, 15) is 58.2 Å². The number of guanidine groups is 1. The number of aromatic amines is 2. The zero-order chi connectivity index (χ0) is 77.6. The number of hydrogen-bond donors (Lipinski definition) is 13. The molecule has 2 aromatic heterocycles. The molecular weight excluding hydrogens is 1390 g/mol. The Bertz CT molecular complexity index is 3670. The molecule has 4 aromatic rings. The minimum Gasteiger partial charge on any atom is -0.508 e. The number of aliphatic hydroxyl groups excluding tert-OH is 1. The van der Waals surface area contributed by atoms with Gasteiger partial charge in [0.1, 0.15) is 35.4 Å². The molecule has 9 atom stereocenters. The van der Waals surface area contributed by atoms with E-state index in [0.29, 0.717) is 55.8 Å². The van der Waals surface area contributed by atoms with Crippen LogP contribution in [0, 0.1) is 29.6 Å². The summed E-state index contributed by atoms with van der Waals surface area (Å²) in [5.74, 6) is -11.8. The molecule has 1 saturated carbocycles. The number of phenols is 1. The van der Waals surface area contributed by atoms with Gasteiger partial charge < -0.3 is 88.4 Å². The summed E-state index contributed by atoms with van der Waals surface area (Å²) < 4.78 is 16.3. The zero-order valence-electron chi connectivity index (χ0n) is 61.0. The minimum atomic E-state index is -1.66. The number of Topliss-reactive ketones (excluding diaryl/α,β-unsaturated/α-hetero) is 5. The second-order valence-corrected chi connectivity index (χ2v) is 27.4. The standard InChI is InChI=1S/C73H105N17O17/c1-45(2)31-48(68(100)86-59(12-7-22-80-73(75)76)72(104)90-24-8-13-62(90)71(103)82-42-66(74)98)35-63(95)58(11-5-6-21-78-41-55(94)20-25-105-27-29-107-30-28-106-26-23-84-89-77)85-69(101)49(32-46-14-17-53(92)18-15-46)36-65(97)61(43-91)88-70(102)50(33-51-39-81-57-10-4-3-9-56(51)57)37-64(96)60(38-52-40-79-44-83-52)87-67(99)47-16-19-54(93)34-47/h3-4,9-10,14-15,17-18,39-40,44-45,47-50,58-62,78,81,91-92H,5-8,11-13,16,19-38,41-43H2,1-2H3,(H2,74,98)(H,79,83)(H,82,103)(H,85,101)(H,86,100)(H,87,99)(H,88,102)(H4,75,76,80). The second kappa shape index (κ2) is 46.2. The second-order valence-electron chi connectivity index (χ2n) is 27.4. The number of aliphatic hydroxyl groups is 1. The summed E-state index contributed by atoms with van der Waals surface area (Å²) in [5, 5.41) is 42.2. The van der Waals surface area contributed by atoms with Crippen molar-refractivity contribution in [1.29, 1.82) is 0 Å². The number of nitrogens with zero attached hydrogens (tertiary/aromatic N) is 6. The first kappa shape index (κ1) is 85.9. The maximum Gasteiger partial charge on any atom is 0.245 e. The van der Waals surface area contributed by atoms with Crippen LogP contribution in [0.4, 0.5) is 0 Å². The van der Waals surface area contributed by atoms with Crippen LogP contribution in [0.25, 0.3) is 21.3 Å². The predicted octanol–water partition coefficient (Wildman–Crippen LogP) is 1.42. The number of aliphatic imine (C=N–C) groups is 1. The van der Waals surface area contributed by atoms with Crippen LogP contribution in [0.15, 0.2) is 77.4 Å². The number of H-pyrrole nitrogens is 2. The lowest BCUT2D eigenvalue weighted by molar-refractivity contribution is -0.142. The summed E-state index contributed by atoms with van der Waals surface area (Å²) in [6.45, 7) is 4.52. The van der Waals surface area contributed by atoms with Crippen LogP contribution in [-0.2, 0) is 91.0 Å². The van der Waals surface area contributed by atoms with Crippen molar-refractivity contribution in [2.75, 3.05) is 85.5 Å². The lowest BCUT2D eigenvalue weighted by atomic mass is 9.87. The van der Waals surface area contributed by atoms with Gasteiger partial charge in [-0.3, -0.25) is 62.5 Å². The maximum absolute atomic E-state index is 15.2. The van der Waals surface area contributed by atoms with Crippen LogP contribution in [0.3, 0.4) is 0 Å². The number of aromatic nitrogens is 3. The molecular formula is C73H105N17O17. The first-order valence-corrected chi connectivity index (χ1v) is 36.5. The number of rotatable bonds is 53. The van der Waals surface area contributed by atoms with E-state index in [1.807, 2.05) is 32.0 Å². The van der Waals surface area contributed by atoms with Crippen LogP contribution in [-0.4, -0.2) is 222 Å². The largest absolute Gasteiger partial charge is 0.508 e. The molecule has 34 nitrogen and oxygen atoms in total. The number of ether oxygens (including phenoxy) is 3. The number of primary amides is 1. The van der Waals surface area contributed by atoms with Gasteiger partial charge in [0.25, 0.3) is 0 Å². The van der Waals surface area contributed by atoms with Crippen molar-refractivity contribution in [3.8, 4) is 5.75 Å². The van der Waals surface area contributed by atoms with E-state index < -0.39 is 145 Å². The van der Waals surface area contributed by atoms with Gasteiger partial charge in [0, 0.05) is 122 Å². The van der Waals surface area contributed by atoms with Gasteiger partial charge in [-0.2, -0.15) is 0 Å². The predicted molar refractivity (Wildman–Crippen MR) is 392 cm³/mol. The number of likely N-dealkylation sites (tertiary alicyclic amines) is 1. The van der Waals surface area contributed by atoms with Crippen molar-refractivity contribution < 1.29 is 82.0 Å². The van der Waals surface area contributed by atoms with Crippen LogP contribution in [0.2, 0.25) is 0 Å². The number of nitrogens with one attached hydrogen (secondary N) is 8. The molecule has 34 heteroatoms. The van der Waals surface area contributed by atoms with Crippen LogP contribution < -0.4 is 49.1 Å². The number of aromatic hydroxyl groups is 1. The third-order valence-electron chi connectivity index (χ3n) is 18.6. The molecule has 0 bridgehead atoms. The van der Waals surface area contributed by atoms with Gasteiger partial charge in [-0.15, -0.1) is 0 Å². The van der Waals surface area contributed by atoms with Gasteiger partial charge in [0.05, 0.1) is 77.7 Å². The van der Waals surface area contributed by atoms with Crippen molar-refractivity contribution in [3.05, 3.63) is 94.5 Å². The molecule has 107 heavy (non-hydrogen) atoms. The first-order chi connectivity index (χ1) is 51.4. The van der Waals surface area contributed by atoms with E-state index in [2.05, 4.69) is 61.9 Å². The van der Waals surface area contributed by atoms with E-state index >= 15 is 9.59 Å². The highest BCUT2D eigenvalue weighted by Crippen LogP contribution is 2.28. The van der Waals surface area contributed by atoms with Crippen molar-refractivity contribution in [1.82, 2.24) is 51.8 Å². The maximum atomic E-state index is 15.2. The third-order valence-corrected chi connectivity index (χ3v) is 18.6. The SMILES string of the molecule is CC(C)CC(CC(=O)C(CCCCNCC(=O)CCOCCOCCOCCN=[N+]=[N-])NC(=O)C(CC(=O)C(CO)NC(=O)C(CC(=O)C(Cc1cnc[nH]1)NC(=O)C1CCC(=O)C1)Cc1c[nH]c2ccccc12)Cc1ccc(O)cc1)C(=O)NC(CCCN=C(N)N)C(=O)N1CCCC1C(=O)NCC(N)=O. The molecule has 1 aliphatic carbocycles. The van der Waals surface area contributed by atoms with Crippen LogP contribution >= 0.6 is 0 Å². The number of hydrogen-bond acceptors (Lipinski definition) is 21. The molecule has 0 spiro atoms. The molecule has 7 amide bonds. The molecule has 0 radical (unpaired) electrons. The summed E-state index contributed by atoms with van der Waals surface area (Å²) in [7, 11) is 0. The Balaban J connectivity index is 1.23. The van der Waals surface area contributed by atoms with Crippen molar-refractivity contribution in [3.63, 3.8) is 0 Å². The molecule has 584 valence electrons. The summed E-state index contributed by atoms with van der Waals surface area (Å²) >= 11 is 0. The molecule has 6 rings (SSSR count). The molecule has 9 unspecified atom stereocenters. The lowest BCUT2D eigenvalue weighted by Gasteiger charge is -2.30. The minimum absolute atomic E-state index is 0.0000627. The Kier molecular flexibility index (Phi) is 37.1. The molecule has 2 aliphatic rings. The number of fused-ring (bicyclic) bond motifs is 1. The normalized spacial score (nSPS) is 16.1. The number of carbonyl (C=O) groups is 12. The lowest BCUT2D eigenvalue weighted by Crippen LogP contribution is -2.55. The highest BCUT2D eigenvalue weighted by atomic mass is 16.5. The first-order valence-electron chi connectivity index (χ1n) is 36.5. The van der Waals surface area contributed by atoms with E-state index in [4.69, 9.17) is 36.9 Å². The number of carbonyl (C=O) groups excluding carboxylic acids is 12. The molecule has 2 aromatic carbocycles. The Hall–Kier alpha value is -9.99. The summed E-state index contributed by atoms with van der Waals surface area (Å²) in [5.41, 5.74) is 27.2. The van der Waals surface area contributed by atoms with Crippen LogP contribution in [0.5, 0.6) is 5.75 Å². The Morgan fingerprint density at radius 3 is 2.02 bits per heavy atom. The van der Waals surface area contributed by atoms with Gasteiger partial charge in [-0.05, 0) is 118 Å². The van der Waals surface area contributed by atoms with Gasteiger partial charge in [0.15, 0.2) is 23.3 Å². The van der Waals surface area contributed by atoms with Crippen LogP contribution in [0.1, 0.15) is 127 Å².